The Bertz CT molecular complexity index is 2900. The zero-order chi connectivity index (χ0) is 44.0. The molecule has 0 spiro atoms. The fraction of sp³-hybridized carbons (Fsp3) is 0.194. The van der Waals surface area contributed by atoms with E-state index in [1.807, 2.05) is 30.3 Å². The topological polar surface area (TPSA) is 3.24 Å². The Morgan fingerprint density at radius 3 is 0.794 bits per heavy atom. The molecule has 0 aliphatic rings. The van der Waals surface area contributed by atoms with Crippen LogP contribution in [0.3, 0.4) is 0 Å². The van der Waals surface area contributed by atoms with Crippen molar-refractivity contribution in [2.45, 2.75) is 80.1 Å². The van der Waals surface area contributed by atoms with Gasteiger partial charge in [-0.15, -0.1) is 0 Å². The Morgan fingerprint density at radius 1 is 0.270 bits per heavy atom. The Balaban J connectivity index is 1.15. The highest BCUT2D eigenvalue weighted by Gasteiger charge is 2.13. The number of benzene rings is 7. The lowest BCUT2D eigenvalue weighted by molar-refractivity contribution is 1.08. The number of hydrogen-bond donors (Lipinski definition) is 0. The second kappa shape index (κ2) is 21.4. The summed E-state index contributed by atoms with van der Waals surface area (Å²) >= 11 is 0. The summed E-state index contributed by atoms with van der Waals surface area (Å²) in [6.45, 7) is 13.2. The Morgan fingerprint density at radius 2 is 0.508 bits per heavy atom. The van der Waals surface area contributed by atoms with Crippen molar-refractivity contribution in [3.63, 3.8) is 0 Å². The third kappa shape index (κ3) is 10.7. The fourth-order valence-electron chi connectivity index (χ4n) is 7.89. The fourth-order valence-corrected chi connectivity index (χ4v) is 7.89. The normalized spacial score (nSPS) is 10.3. The van der Waals surface area contributed by atoms with E-state index in [0.717, 1.165) is 100 Å². The largest absolute Gasteiger partial charge is 0.311 e. The lowest BCUT2D eigenvalue weighted by Crippen LogP contribution is -2.09. The first-order valence-corrected chi connectivity index (χ1v) is 22.6. The highest BCUT2D eigenvalue weighted by molar-refractivity contribution is 5.76. The van der Waals surface area contributed by atoms with Gasteiger partial charge in [0.25, 0.3) is 0 Å². The first-order valence-electron chi connectivity index (χ1n) is 22.6. The first-order chi connectivity index (χ1) is 30.9. The smallest absolute Gasteiger partial charge is 0.0462 e. The van der Waals surface area contributed by atoms with Crippen molar-refractivity contribution in [3.8, 4) is 47.4 Å². The van der Waals surface area contributed by atoms with Gasteiger partial charge in [0.1, 0.15) is 0 Å². The molecular weight excluding hydrogens is 759 g/mol. The zero-order valence-corrected chi connectivity index (χ0v) is 37.6. The highest BCUT2D eigenvalue weighted by atomic mass is 15.1. The van der Waals surface area contributed by atoms with Gasteiger partial charge in [-0.1, -0.05) is 144 Å². The van der Waals surface area contributed by atoms with E-state index in [1.165, 1.54) is 33.4 Å². The molecule has 7 aromatic carbocycles. The van der Waals surface area contributed by atoms with Crippen LogP contribution in [-0.4, -0.2) is 0 Å². The maximum Gasteiger partial charge on any atom is 0.0462 e. The van der Waals surface area contributed by atoms with Gasteiger partial charge in [0.2, 0.25) is 0 Å². The number of nitrogens with zero attached hydrogens (tertiary/aromatic N) is 1. The molecule has 0 bridgehead atoms. The molecule has 63 heavy (non-hydrogen) atoms. The zero-order valence-electron chi connectivity index (χ0n) is 37.6. The molecule has 308 valence electrons. The molecule has 1 heteroatoms. The lowest BCUT2D eigenvalue weighted by atomic mass is 9.93. The number of hydrogen-bond acceptors (Lipinski definition) is 1. The molecule has 7 aromatic rings. The second-order valence-corrected chi connectivity index (χ2v) is 15.5. The van der Waals surface area contributed by atoms with Gasteiger partial charge in [-0.25, -0.2) is 0 Å². The van der Waals surface area contributed by atoms with Gasteiger partial charge in [-0.3, -0.25) is 0 Å². The van der Waals surface area contributed by atoms with E-state index in [-0.39, 0.29) is 0 Å². The standard InChI is InChI=1S/C62H55N/c1-7-48-42-56(50(9-3)40-54(48)32-28-46-22-16-13-17-23-46)34-36-58-44-53(12-6)59(45-52(58)11-5)37-35-57-43-49(8-2)55(41-51(57)10-4)33-29-47-30-38-62(39-31-47)63(60-24-18-14-19-25-60)61-26-20-15-21-27-61/h13-27,30-31,38-45H,7-12H2,1-6H3. The second-order valence-electron chi connectivity index (χ2n) is 15.5. The van der Waals surface area contributed by atoms with Gasteiger partial charge in [0.05, 0.1) is 0 Å². The first kappa shape index (κ1) is 43.7. The quantitative estimate of drug-likeness (QED) is 0.131. The lowest BCUT2D eigenvalue weighted by Gasteiger charge is -2.25. The minimum atomic E-state index is 0.877. The van der Waals surface area contributed by atoms with Crippen molar-refractivity contribution < 1.29 is 0 Å². The number of para-hydroxylation sites is 2. The average Bonchev–Trinajstić information content (AvgIpc) is 3.34. The predicted molar refractivity (Wildman–Crippen MR) is 267 cm³/mol. The minimum absolute atomic E-state index is 0.877. The van der Waals surface area contributed by atoms with E-state index in [1.54, 1.807) is 0 Å². The Hall–Kier alpha value is -7.42. The third-order valence-electron chi connectivity index (χ3n) is 11.5. The van der Waals surface area contributed by atoms with Crippen LogP contribution >= 0.6 is 0 Å². The van der Waals surface area contributed by atoms with Gasteiger partial charge in [-0.05, 0) is 169 Å². The van der Waals surface area contributed by atoms with Crippen molar-refractivity contribution in [3.05, 3.63) is 230 Å². The van der Waals surface area contributed by atoms with Crippen LogP contribution in [-0.2, 0) is 38.5 Å². The summed E-state index contributed by atoms with van der Waals surface area (Å²) in [5.41, 5.74) is 19.1. The Kier molecular flexibility index (Phi) is 14.8. The van der Waals surface area contributed by atoms with E-state index in [9.17, 15) is 0 Å². The molecule has 0 fully saturated rings. The van der Waals surface area contributed by atoms with Crippen LogP contribution in [0.1, 0.15) is 119 Å². The van der Waals surface area contributed by atoms with E-state index < -0.39 is 0 Å². The predicted octanol–water partition coefficient (Wildman–Crippen LogP) is 14.1. The molecule has 0 saturated heterocycles. The van der Waals surface area contributed by atoms with Gasteiger partial charge in [0.15, 0.2) is 0 Å². The molecule has 0 amide bonds. The highest BCUT2D eigenvalue weighted by Crippen LogP contribution is 2.34. The summed E-state index contributed by atoms with van der Waals surface area (Å²) < 4.78 is 0. The van der Waals surface area contributed by atoms with Gasteiger partial charge >= 0.3 is 0 Å². The van der Waals surface area contributed by atoms with Crippen LogP contribution in [0.5, 0.6) is 0 Å². The SMILES string of the molecule is CCc1cc(C#Cc2cc(CC)c(C#Cc3cc(CC)c(C#Cc4ccc(N(c5ccccc5)c5ccccc5)cc4)cc3CC)cc2CC)c(CC)cc1C#Cc1ccccc1. The van der Waals surface area contributed by atoms with Gasteiger partial charge < -0.3 is 4.90 Å². The summed E-state index contributed by atoms with van der Waals surface area (Å²) in [6.07, 6.45) is 5.31. The minimum Gasteiger partial charge on any atom is -0.311 e. The summed E-state index contributed by atoms with van der Waals surface area (Å²) in [6, 6.07) is 53.2. The average molecular weight is 814 g/mol. The van der Waals surface area contributed by atoms with Crippen LogP contribution in [0.4, 0.5) is 17.1 Å². The number of anilines is 3. The maximum atomic E-state index is 3.61. The molecular formula is C62H55N. The van der Waals surface area contributed by atoms with Crippen LogP contribution in [0.15, 0.2) is 152 Å². The van der Waals surface area contributed by atoms with Crippen molar-refractivity contribution >= 4 is 17.1 Å². The third-order valence-corrected chi connectivity index (χ3v) is 11.5. The molecule has 0 N–H and O–H groups in total. The monoisotopic (exact) mass is 813 g/mol. The van der Waals surface area contributed by atoms with E-state index in [0.29, 0.717) is 0 Å². The van der Waals surface area contributed by atoms with Crippen LogP contribution < -0.4 is 4.90 Å². The van der Waals surface area contributed by atoms with E-state index >= 15 is 0 Å². The molecule has 0 saturated carbocycles. The summed E-state index contributed by atoms with van der Waals surface area (Å²) in [4.78, 5) is 2.27. The summed E-state index contributed by atoms with van der Waals surface area (Å²) in [7, 11) is 0. The molecule has 1 nitrogen and oxygen atoms in total. The Labute approximate surface area is 377 Å². The molecule has 0 aliphatic heterocycles. The van der Waals surface area contributed by atoms with Crippen molar-refractivity contribution in [2.75, 3.05) is 4.90 Å². The summed E-state index contributed by atoms with van der Waals surface area (Å²) in [5, 5.41) is 0. The molecule has 0 aromatic heterocycles. The van der Waals surface area contributed by atoms with Gasteiger partial charge in [-0.2, -0.15) is 0 Å². The maximum absolute atomic E-state index is 3.61. The van der Waals surface area contributed by atoms with Crippen molar-refractivity contribution in [1.82, 2.24) is 0 Å². The van der Waals surface area contributed by atoms with Gasteiger partial charge in [0, 0.05) is 61.6 Å². The molecule has 0 radical (unpaired) electrons. The van der Waals surface area contributed by atoms with Crippen LogP contribution in [0.25, 0.3) is 0 Å². The number of aryl methyl sites for hydroxylation is 6. The molecule has 0 heterocycles. The van der Waals surface area contributed by atoms with Crippen LogP contribution in [0, 0.1) is 47.4 Å². The molecule has 0 atom stereocenters. The van der Waals surface area contributed by atoms with Crippen LogP contribution in [0.2, 0.25) is 0 Å². The van der Waals surface area contributed by atoms with E-state index in [2.05, 4.69) is 215 Å². The molecule has 7 rings (SSSR count). The molecule has 0 aliphatic carbocycles. The summed E-state index contributed by atoms with van der Waals surface area (Å²) in [5.74, 6) is 28.2. The van der Waals surface area contributed by atoms with E-state index in [4.69, 9.17) is 0 Å². The van der Waals surface area contributed by atoms with Crippen molar-refractivity contribution in [2.24, 2.45) is 0 Å². The van der Waals surface area contributed by atoms with Crippen molar-refractivity contribution in [1.29, 1.82) is 0 Å². The number of rotatable bonds is 9. The molecule has 0 unspecified atom stereocenters.